The van der Waals surface area contributed by atoms with Gasteiger partial charge in [0.25, 0.3) is 0 Å². The van der Waals surface area contributed by atoms with Gasteiger partial charge in [-0.1, -0.05) is 127 Å². The number of benzene rings is 8. The monoisotopic (exact) mass is 651 g/mol. The van der Waals surface area contributed by atoms with E-state index in [1.54, 1.807) is 0 Å². The van der Waals surface area contributed by atoms with Gasteiger partial charge in [-0.15, -0.1) is 0 Å². The van der Waals surface area contributed by atoms with Crippen molar-refractivity contribution in [2.75, 3.05) is 0 Å². The minimum Gasteiger partial charge on any atom is -0.455 e. The number of fused-ring (bicyclic) bond motifs is 10. The van der Waals surface area contributed by atoms with Gasteiger partial charge in [0.15, 0.2) is 0 Å². The average Bonchev–Trinajstić information content (AvgIpc) is 3.88. The van der Waals surface area contributed by atoms with Crippen LogP contribution in [0.1, 0.15) is 0 Å². The van der Waals surface area contributed by atoms with Crippen molar-refractivity contribution in [2.24, 2.45) is 0 Å². The molecule has 0 fully saturated rings. The molecule has 238 valence electrons. The molecular formula is C48H29NO2. The van der Waals surface area contributed by atoms with E-state index in [1.165, 1.54) is 11.1 Å². The van der Waals surface area contributed by atoms with Crippen molar-refractivity contribution in [3.8, 4) is 39.1 Å². The predicted octanol–water partition coefficient (Wildman–Crippen LogP) is 13.6. The zero-order valence-corrected chi connectivity index (χ0v) is 27.5. The van der Waals surface area contributed by atoms with Gasteiger partial charge in [-0.05, 0) is 76.3 Å². The van der Waals surface area contributed by atoms with E-state index in [1.807, 2.05) is 18.2 Å². The molecule has 0 aliphatic heterocycles. The number of para-hydroxylation sites is 4. The fraction of sp³-hybridized carbons (Fsp3) is 0. The van der Waals surface area contributed by atoms with Gasteiger partial charge in [0.05, 0.1) is 16.4 Å². The fourth-order valence-corrected chi connectivity index (χ4v) is 8.04. The van der Waals surface area contributed by atoms with Gasteiger partial charge in [0, 0.05) is 38.2 Å². The summed E-state index contributed by atoms with van der Waals surface area (Å²) >= 11 is 0. The Kier molecular flexibility index (Phi) is 5.96. The summed E-state index contributed by atoms with van der Waals surface area (Å²) < 4.78 is 15.6. The second-order valence-electron chi connectivity index (χ2n) is 13.3. The van der Waals surface area contributed by atoms with Crippen LogP contribution in [0.2, 0.25) is 0 Å². The summed E-state index contributed by atoms with van der Waals surface area (Å²) in [5.41, 5.74) is 13.8. The number of rotatable bonds is 4. The molecule has 0 spiro atoms. The maximum Gasteiger partial charge on any atom is 0.145 e. The van der Waals surface area contributed by atoms with Gasteiger partial charge in [0.2, 0.25) is 0 Å². The highest BCUT2D eigenvalue weighted by atomic mass is 16.3. The highest BCUT2D eigenvalue weighted by Gasteiger charge is 2.20. The van der Waals surface area contributed by atoms with E-state index in [9.17, 15) is 0 Å². The molecule has 0 aliphatic rings. The third-order valence-corrected chi connectivity index (χ3v) is 10.4. The predicted molar refractivity (Wildman–Crippen MR) is 212 cm³/mol. The van der Waals surface area contributed by atoms with Gasteiger partial charge >= 0.3 is 0 Å². The van der Waals surface area contributed by atoms with Crippen LogP contribution in [0.25, 0.3) is 105 Å². The number of hydrogen-bond donors (Lipinski definition) is 0. The second-order valence-corrected chi connectivity index (χ2v) is 13.3. The average molecular weight is 652 g/mol. The van der Waals surface area contributed by atoms with E-state index in [0.717, 1.165) is 93.6 Å². The first-order valence-corrected chi connectivity index (χ1v) is 17.3. The molecule has 0 saturated heterocycles. The maximum absolute atomic E-state index is 6.61. The third kappa shape index (κ3) is 4.25. The normalized spacial score (nSPS) is 11.9. The quantitative estimate of drug-likeness (QED) is 0.190. The summed E-state index contributed by atoms with van der Waals surface area (Å²) in [6.07, 6.45) is 0. The van der Waals surface area contributed by atoms with Crippen molar-refractivity contribution >= 4 is 65.7 Å². The van der Waals surface area contributed by atoms with Crippen molar-refractivity contribution in [1.29, 1.82) is 0 Å². The zero-order chi connectivity index (χ0) is 33.5. The van der Waals surface area contributed by atoms with E-state index in [2.05, 4.69) is 162 Å². The van der Waals surface area contributed by atoms with Crippen molar-refractivity contribution < 1.29 is 8.83 Å². The van der Waals surface area contributed by atoms with Crippen molar-refractivity contribution in [3.63, 3.8) is 0 Å². The Balaban J connectivity index is 1.20. The van der Waals surface area contributed by atoms with Crippen LogP contribution in [0.4, 0.5) is 0 Å². The number of hydrogen-bond acceptors (Lipinski definition) is 2. The van der Waals surface area contributed by atoms with E-state index < -0.39 is 0 Å². The highest BCUT2D eigenvalue weighted by Crippen LogP contribution is 2.43. The number of furan rings is 2. The molecule has 0 radical (unpaired) electrons. The molecule has 0 saturated carbocycles. The first-order chi connectivity index (χ1) is 25.3. The Morgan fingerprint density at radius 3 is 1.67 bits per heavy atom. The topological polar surface area (TPSA) is 31.2 Å². The van der Waals surface area contributed by atoms with Crippen LogP contribution in [-0.4, -0.2) is 4.57 Å². The van der Waals surface area contributed by atoms with Gasteiger partial charge in [-0.2, -0.15) is 0 Å². The van der Waals surface area contributed by atoms with Crippen molar-refractivity contribution in [3.05, 3.63) is 176 Å². The van der Waals surface area contributed by atoms with Crippen molar-refractivity contribution in [1.82, 2.24) is 4.57 Å². The molecule has 0 atom stereocenters. The summed E-state index contributed by atoms with van der Waals surface area (Å²) in [4.78, 5) is 0. The lowest BCUT2D eigenvalue weighted by Gasteiger charge is -2.14. The Bertz CT molecular complexity index is 3120. The standard InChI is InChI=1S/C48H29NO2/c1-2-11-30(12-3-1)31-21-23-32(24-22-31)33-27-34(36-16-10-17-39-37-13-5-8-19-44(37)50-47(36)39)29-35(28-33)49-42-18-7-4-15-41(42)46-43(49)26-25-40-38-14-6-9-20-45(38)51-48(40)46/h1-29H. The van der Waals surface area contributed by atoms with E-state index >= 15 is 0 Å². The molecule has 8 aromatic carbocycles. The van der Waals surface area contributed by atoms with E-state index in [0.29, 0.717) is 0 Å². The number of nitrogens with zero attached hydrogens (tertiary/aromatic N) is 1. The highest BCUT2D eigenvalue weighted by molar-refractivity contribution is 6.24. The first kappa shape index (κ1) is 28.0. The Hall–Kier alpha value is -6.84. The molecule has 3 nitrogen and oxygen atoms in total. The minimum atomic E-state index is 0.894. The fourth-order valence-electron chi connectivity index (χ4n) is 8.04. The van der Waals surface area contributed by atoms with Crippen LogP contribution in [-0.2, 0) is 0 Å². The molecule has 3 heteroatoms. The second kappa shape index (κ2) is 10.8. The van der Waals surface area contributed by atoms with Crippen LogP contribution in [0, 0.1) is 0 Å². The largest absolute Gasteiger partial charge is 0.455 e. The van der Waals surface area contributed by atoms with Crippen LogP contribution < -0.4 is 0 Å². The third-order valence-electron chi connectivity index (χ3n) is 10.4. The molecule has 11 aromatic rings. The molecule has 0 amide bonds. The van der Waals surface area contributed by atoms with Crippen LogP contribution >= 0.6 is 0 Å². The van der Waals surface area contributed by atoms with Crippen LogP contribution in [0.5, 0.6) is 0 Å². The van der Waals surface area contributed by atoms with E-state index in [-0.39, 0.29) is 0 Å². The van der Waals surface area contributed by atoms with Crippen LogP contribution in [0.3, 0.4) is 0 Å². The van der Waals surface area contributed by atoms with Crippen molar-refractivity contribution in [2.45, 2.75) is 0 Å². The lowest BCUT2D eigenvalue weighted by atomic mass is 9.95. The molecule has 11 rings (SSSR count). The maximum atomic E-state index is 6.61. The molecule has 0 bridgehead atoms. The smallest absolute Gasteiger partial charge is 0.145 e. The molecule has 3 heterocycles. The summed E-state index contributed by atoms with van der Waals surface area (Å²) in [7, 11) is 0. The lowest BCUT2D eigenvalue weighted by Crippen LogP contribution is -1.96. The molecule has 0 aliphatic carbocycles. The van der Waals surface area contributed by atoms with Gasteiger partial charge in [-0.3, -0.25) is 0 Å². The molecular weight excluding hydrogens is 623 g/mol. The zero-order valence-electron chi connectivity index (χ0n) is 27.5. The minimum absolute atomic E-state index is 0.894. The van der Waals surface area contributed by atoms with Gasteiger partial charge in [0.1, 0.15) is 22.3 Å². The van der Waals surface area contributed by atoms with Crippen LogP contribution in [0.15, 0.2) is 185 Å². The Morgan fingerprint density at radius 2 is 0.902 bits per heavy atom. The summed E-state index contributed by atoms with van der Waals surface area (Å²) in [6.45, 7) is 0. The number of aromatic nitrogens is 1. The Labute approximate surface area is 293 Å². The summed E-state index contributed by atoms with van der Waals surface area (Å²) in [6, 6.07) is 62.5. The SMILES string of the molecule is c1ccc(-c2ccc(-c3cc(-c4cccc5c4oc4ccccc45)cc(-n4c5ccccc5c5c6oc7ccccc7c6ccc54)c3)cc2)cc1. The van der Waals surface area contributed by atoms with Gasteiger partial charge < -0.3 is 13.4 Å². The molecule has 0 N–H and O–H groups in total. The van der Waals surface area contributed by atoms with Gasteiger partial charge in [-0.25, -0.2) is 0 Å². The lowest BCUT2D eigenvalue weighted by molar-refractivity contribution is 0.670. The molecule has 51 heavy (non-hydrogen) atoms. The summed E-state index contributed by atoms with van der Waals surface area (Å²) in [5.74, 6) is 0. The first-order valence-electron chi connectivity index (χ1n) is 17.3. The molecule has 3 aromatic heterocycles. The summed E-state index contributed by atoms with van der Waals surface area (Å²) in [5, 5.41) is 6.79. The molecule has 0 unspecified atom stereocenters. The Morgan fingerprint density at radius 1 is 0.333 bits per heavy atom. The van der Waals surface area contributed by atoms with E-state index in [4.69, 9.17) is 8.83 Å².